The highest BCUT2D eigenvalue weighted by atomic mass is 32.2. The highest BCUT2D eigenvalue weighted by Crippen LogP contribution is 2.69. The molecule has 0 aliphatic heterocycles. The van der Waals surface area contributed by atoms with Crippen LogP contribution >= 0.6 is 0 Å². The molecule has 0 spiro atoms. The van der Waals surface area contributed by atoms with E-state index in [0.29, 0.717) is 13.1 Å². The predicted molar refractivity (Wildman–Crippen MR) is 123 cm³/mol. The van der Waals surface area contributed by atoms with Gasteiger partial charge in [-0.15, -0.1) is 0 Å². The van der Waals surface area contributed by atoms with Crippen molar-refractivity contribution in [1.29, 1.82) is 0 Å². The summed E-state index contributed by atoms with van der Waals surface area (Å²) in [5.74, 6) is -126. The van der Waals surface area contributed by atoms with Crippen molar-refractivity contribution >= 4 is 16.0 Å². The zero-order valence-corrected chi connectivity index (χ0v) is 26.9. The van der Waals surface area contributed by atoms with E-state index >= 15 is 0 Å². The highest BCUT2D eigenvalue weighted by molar-refractivity contribution is 7.89. The van der Waals surface area contributed by atoms with Crippen LogP contribution in [0.3, 0.4) is 0 Å². The van der Waals surface area contributed by atoms with Gasteiger partial charge in [-0.1, -0.05) is 6.58 Å². The number of rotatable bonds is 20. The number of carbonyl (C=O) groups is 1. The number of alkyl halides is 29. The quantitative estimate of drug-likeness (QED) is 0.0695. The van der Waals surface area contributed by atoms with Gasteiger partial charge >= 0.3 is 89.1 Å². The summed E-state index contributed by atoms with van der Waals surface area (Å²) >= 11 is 0. The molecule has 5 nitrogen and oxygen atoms in total. The number of carbonyl (C=O) groups excluding carboxylic acids is 1. The summed E-state index contributed by atoms with van der Waals surface area (Å²) in [5, 5.41) is 0. The van der Waals surface area contributed by atoms with Crippen LogP contribution in [0.2, 0.25) is 0 Å². The first-order valence-corrected chi connectivity index (χ1v) is 14.7. The smallest absolute Gasteiger partial charge is 0.460 e. The summed E-state index contributed by atoms with van der Waals surface area (Å²) in [5.41, 5.74) is 0. The number of hydrogen-bond donors (Lipinski definition) is 0. The molecule has 0 amide bonds. The summed E-state index contributed by atoms with van der Waals surface area (Å²) < 4.78 is 423. The van der Waals surface area contributed by atoms with E-state index in [1.165, 1.54) is 0 Å². The van der Waals surface area contributed by atoms with E-state index in [2.05, 4.69) is 11.3 Å². The number of nitrogens with zero attached hydrogens (tertiary/aromatic N) is 1. The Labute approximate surface area is 294 Å². The van der Waals surface area contributed by atoms with Gasteiger partial charge in [0.05, 0.1) is 5.75 Å². The zero-order chi connectivity index (χ0) is 46.9. The van der Waals surface area contributed by atoms with Gasteiger partial charge in [-0.25, -0.2) is 17.5 Å². The number of ether oxygens (including phenoxy) is 1. The molecule has 0 aromatic rings. The maximum atomic E-state index is 14.1. The fourth-order valence-electron chi connectivity index (χ4n) is 3.42. The van der Waals surface area contributed by atoms with Crippen molar-refractivity contribution in [2.75, 3.05) is 26.0 Å². The van der Waals surface area contributed by atoms with Crippen LogP contribution in [0.4, 0.5) is 127 Å². The lowest BCUT2D eigenvalue weighted by Gasteiger charge is -2.46. The molecule has 0 aromatic carbocycles. The number of likely N-dealkylation sites (N-methyl/N-ethyl adjacent to an activating group) is 1. The third kappa shape index (κ3) is 7.59. The van der Waals surface area contributed by atoms with Crippen LogP contribution in [-0.4, -0.2) is 128 Å². The minimum absolute atomic E-state index is 0.264. The first kappa shape index (κ1) is 54.1. The van der Waals surface area contributed by atoms with Gasteiger partial charge in [0.15, 0.2) is 0 Å². The van der Waals surface area contributed by atoms with Crippen molar-refractivity contribution in [2.24, 2.45) is 0 Å². The molecule has 0 radical (unpaired) electrons. The molecule has 340 valence electrons. The van der Waals surface area contributed by atoms with Gasteiger partial charge in [-0.05, 0) is 0 Å². The first-order chi connectivity index (χ1) is 24.3. The Morgan fingerprint density at radius 3 is 0.982 bits per heavy atom. The second kappa shape index (κ2) is 14.7. The fraction of sp³-hybridized carbons (Fsp3) is 0.864. The Kier molecular flexibility index (Phi) is 13.9. The van der Waals surface area contributed by atoms with Crippen LogP contribution in [0.25, 0.3) is 0 Å². The Morgan fingerprint density at radius 2 is 0.737 bits per heavy atom. The molecule has 0 saturated carbocycles. The van der Waals surface area contributed by atoms with Gasteiger partial charge in [0, 0.05) is 26.1 Å². The Balaban J connectivity index is 7.21. The van der Waals surface area contributed by atoms with Crippen molar-refractivity contribution in [2.45, 2.75) is 89.6 Å². The summed E-state index contributed by atoms with van der Waals surface area (Å²) in [6.45, 7) is 0.610. The predicted octanol–water partition coefficient (Wildman–Crippen LogP) is 9.19. The molecule has 0 atom stereocenters. The molecule has 0 unspecified atom stereocenters. The average molecular weight is 939 g/mol. The standard InChI is InChI=1S/C22H14F29NO4S/c1-3-8(53)56-6-5-52(2)57(54,55)7-4-9(23,24)10(25,26)11(27,28)12(29,30)13(31,32)14(33,34)15(35,36)16(37,38)17(39,40)18(41,42)19(43,44)20(45,46)21(47,48)22(49,50)51/h3H,1,4-7H2,2H3. The Bertz CT molecular complexity index is 1580. The minimum Gasteiger partial charge on any atom is -0.461 e. The van der Waals surface area contributed by atoms with Crippen molar-refractivity contribution in [3.63, 3.8) is 0 Å². The van der Waals surface area contributed by atoms with Crippen molar-refractivity contribution < 1.29 is 145 Å². The molecular formula is C22H14F29NO4S. The lowest BCUT2D eigenvalue weighted by molar-refractivity contribution is -0.487. The van der Waals surface area contributed by atoms with Gasteiger partial charge in [0.25, 0.3) is 0 Å². The Hall–Kier alpha value is -2.91. The molecule has 0 fully saturated rings. The SMILES string of the molecule is C=CC(=O)OCCN(C)S(=O)(=O)CCC(F)(F)C(F)(F)C(F)(F)C(F)(F)C(F)(F)C(F)(F)C(F)(F)C(F)(F)C(F)(F)C(F)(F)C(F)(F)C(F)(F)C(F)(F)C(F)(F)F. The molecule has 0 saturated heterocycles. The van der Waals surface area contributed by atoms with Crippen molar-refractivity contribution in [1.82, 2.24) is 4.31 Å². The van der Waals surface area contributed by atoms with E-state index in [9.17, 15) is 141 Å². The molecular weight excluding hydrogens is 925 g/mol. The van der Waals surface area contributed by atoms with Gasteiger partial charge in [0.1, 0.15) is 6.61 Å². The monoisotopic (exact) mass is 939 g/mol. The van der Waals surface area contributed by atoms with Crippen molar-refractivity contribution in [3.8, 4) is 0 Å². The normalized spacial score (nSPS) is 16.3. The molecule has 0 bridgehead atoms. The topological polar surface area (TPSA) is 63.7 Å². The van der Waals surface area contributed by atoms with Crippen LogP contribution in [0, 0.1) is 0 Å². The molecule has 0 aliphatic carbocycles. The summed E-state index contributed by atoms with van der Waals surface area (Å²) in [6.07, 6.45) is -11.4. The third-order valence-electron chi connectivity index (χ3n) is 7.12. The van der Waals surface area contributed by atoms with E-state index in [1.807, 2.05) is 0 Å². The number of halogens is 29. The van der Waals surface area contributed by atoms with E-state index < -0.39 is 124 Å². The molecule has 0 rings (SSSR count). The Morgan fingerprint density at radius 1 is 0.491 bits per heavy atom. The van der Waals surface area contributed by atoms with Gasteiger partial charge in [-0.3, -0.25) is 0 Å². The van der Waals surface area contributed by atoms with Crippen LogP contribution in [0.15, 0.2) is 12.7 Å². The molecule has 0 N–H and O–H groups in total. The maximum absolute atomic E-state index is 14.1. The van der Waals surface area contributed by atoms with E-state index in [0.717, 1.165) is 0 Å². The van der Waals surface area contributed by atoms with Crippen LogP contribution in [0.1, 0.15) is 6.42 Å². The second-order valence-corrected chi connectivity index (χ2v) is 13.0. The van der Waals surface area contributed by atoms with Gasteiger partial charge < -0.3 is 4.74 Å². The van der Waals surface area contributed by atoms with Gasteiger partial charge in [0.2, 0.25) is 10.0 Å². The number of sulfonamides is 1. The molecule has 35 heteroatoms. The zero-order valence-electron chi connectivity index (χ0n) is 26.1. The average Bonchev–Trinajstić information content (AvgIpc) is 3.01. The molecule has 0 aromatic heterocycles. The molecule has 57 heavy (non-hydrogen) atoms. The lowest BCUT2D eigenvalue weighted by atomic mass is 9.83. The molecule has 0 aliphatic rings. The van der Waals surface area contributed by atoms with Crippen LogP contribution < -0.4 is 0 Å². The fourth-order valence-corrected chi connectivity index (χ4v) is 4.60. The largest absolute Gasteiger partial charge is 0.461 e. The first-order valence-electron chi connectivity index (χ1n) is 13.0. The van der Waals surface area contributed by atoms with Crippen LogP contribution in [0.5, 0.6) is 0 Å². The maximum Gasteiger partial charge on any atom is 0.460 e. The molecule has 0 heterocycles. The van der Waals surface area contributed by atoms with Crippen molar-refractivity contribution in [3.05, 3.63) is 12.7 Å². The van der Waals surface area contributed by atoms with E-state index in [4.69, 9.17) is 0 Å². The third-order valence-corrected chi connectivity index (χ3v) is 8.97. The summed E-state index contributed by atoms with van der Waals surface area (Å²) in [4.78, 5) is 10.9. The number of hydrogen-bond acceptors (Lipinski definition) is 4. The summed E-state index contributed by atoms with van der Waals surface area (Å²) in [6, 6.07) is 0. The highest BCUT2D eigenvalue weighted by Gasteiger charge is 3.00. The minimum atomic E-state index is -10.0. The summed E-state index contributed by atoms with van der Waals surface area (Å²) in [7, 11) is -5.31. The van der Waals surface area contributed by atoms with E-state index in [-0.39, 0.29) is 4.31 Å². The van der Waals surface area contributed by atoms with Gasteiger partial charge in [-0.2, -0.15) is 127 Å². The second-order valence-electron chi connectivity index (χ2n) is 10.9. The lowest BCUT2D eigenvalue weighted by Crippen LogP contribution is -2.79. The van der Waals surface area contributed by atoms with E-state index in [1.54, 1.807) is 0 Å². The van der Waals surface area contributed by atoms with Crippen LogP contribution in [-0.2, 0) is 19.6 Å². The number of esters is 1.